The maximum Gasteiger partial charge on any atom is 0.129 e. The van der Waals surface area contributed by atoms with Crippen LogP contribution in [-0.4, -0.2) is 0 Å². The summed E-state index contributed by atoms with van der Waals surface area (Å²) >= 11 is 3.07. The highest BCUT2D eigenvalue weighted by molar-refractivity contribution is 9.10. The molecule has 1 radical (unpaired) electrons. The first kappa shape index (κ1) is 7.69. The second-order valence-corrected chi connectivity index (χ2v) is 2.70. The van der Waals surface area contributed by atoms with Crippen LogP contribution in [0.25, 0.3) is 0 Å². The van der Waals surface area contributed by atoms with Gasteiger partial charge in [0.1, 0.15) is 12.4 Å². The molecule has 1 aromatic rings. The maximum atomic E-state index is 12.6. The molecule has 0 fully saturated rings. The van der Waals surface area contributed by atoms with Gasteiger partial charge >= 0.3 is 0 Å². The average molecular weight is 204 g/mol. The molecule has 1 aromatic carbocycles. The molecule has 3 heteroatoms. The molecule has 0 heterocycles. The van der Waals surface area contributed by atoms with E-state index in [2.05, 4.69) is 15.9 Å². The predicted molar refractivity (Wildman–Crippen MR) is 38.5 cm³/mol. The van der Waals surface area contributed by atoms with Crippen LogP contribution in [0.1, 0.15) is 5.56 Å². The van der Waals surface area contributed by atoms with Crippen LogP contribution in [0.5, 0.6) is 0 Å². The third-order valence-electron chi connectivity index (χ3n) is 1.21. The fourth-order valence-electron chi connectivity index (χ4n) is 0.670. The van der Waals surface area contributed by atoms with Gasteiger partial charge in [0.2, 0.25) is 0 Å². The minimum absolute atomic E-state index is 0.197. The van der Waals surface area contributed by atoms with E-state index < -0.39 is 12.4 Å². The molecule has 0 spiro atoms. The van der Waals surface area contributed by atoms with Crippen molar-refractivity contribution in [2.24, 2.45) is 0 Å². The second kappa shape index (κ2) is 3.12. The molecule has 0 saturated carbocycles. The van der Waals surface area contributed by atoms with Gasteiger partial charge in [0.25, 0.3) is 0 Å². The highest BCUT2D eigenvalue weighted by Gasteiger charge is 2.03. The number of hydrogen-bond donors (Lipinski definition) is 0. The van der Waals surface area contributed by atoms with Crippen LogP contribution in [0.3, 0.4) is 0 Å². The Hall–Kier alpha value is -0.410. The second-order valence-electron chi connectivity index (χ2n) is 1.84. The van der Waals surface area contributed by atoms with Crippen LogP contribution < -0.4 is 0 Å². The van der Waals surface area contributed by atoms with Crippen LogP contribution in [0.15, 0.2) is 22.7 Å². The first-order valence-corrected chi connectivity index (χ1v) is 3.56. The van der Waals surface area contributed by atoms with Crippen molar-refractivity contribution in [2.75, 3.05) is 0 Å². The summed E-state index contributed by atoms with van der Waals surface area (Å²) in [6.07, 6.45) is 0. The molecule has 10 heavy (non-hydrogen) atoms. The lowest BCUT2D eigenvalue weighted by Crippen LogP contribution is -1.88. The summed E-state index contributed by atoms with van der Waals surface area (Å²) in [5, 5.41) is 10.3. The van der Waals surface area contributed by atoms with E-state index in [9.17, 15) is 9.50 Å². The molecule has 1 rings (SSSR count). The monoisotopic (exact) mass is 203 g/mol. The first-order chi connectivity index (χ1) is 4.75. The largest absolute Gasteiger partial charge is 0.231 e. The zero-order valence-corrected chi connectivity index (χ0v) is 6.69. The van der Waals surface area contributed by atoms with Crippen molar-refractivity contribution in [3.63, 3.8) is 0 Å². The lowest BCUT2D eigenvalue weighted by atomic mass is 10.2. The molecule has 0 saturated heterocycles. The SMILES string of the molecule is [O]Cc1c(F)cccc1Br. The van der Waals surface area contributed by atoms with E-state index in [1.807, 2.05) is 0 Å². The Morgan fingerprint density at radius 3 is 2.60 bits per heavy atom. The van der Waals surface area contributed by atoms with E-state index in [0.717, 1.165) is 0 Å². The molecule has 0 aliphatic rings. The fraction of sp³-hybridized carbons (Fsp3) is 0.143. The predicted octanol–water partition coefficient (Wildman–Crippen LogP) is 2.52. The minimum atomic E-state index is -0.521. The number of hydrogen-bond acceptors (Lipinski definition) is 0. The third kappa shape index (κ3) is 1.36. The highest BCUT2D eigenvalue weighted by atomic mass is 79.9. The number of rotatable bonds is 1. The van der Waals surface area contributed by atoms with Crippen LogP contribution >= 0.6 is 15.9 Å². The smallest absolute Gasteiger partial charge is 0.129 e. The van der Waals surface area contributed by atoms with Gasteiger partial charge in [0, 0.05) is 10.0 Å². The third-order valence-corrected chi connectivity index (χ3v) is 1.95. The van der Waals surface area contributed by atoms with E-state index in [4.69, 9.17) is 0 Å². The Morgan fingerprint density at radius 2 is 2.20 bits per heavy atom. The molecule has 1 nitrogen and oxygen atoms in total. The molecule has 0 unspecified atom stereocenters. The van der Waals surface area contributed by atoms with Gasteiger partial charge in [0.15, 0.2) is 0 Å². The van der Waals surface area contributed by atoms with Crippen LogP contribution in [0, 0.1) is 5.82 Å². The quantitative estimate of drug-likeness (QED) is 0.669. The van der Waals surface area contributed by atoms with E-state index in [-0.39, 0.29) is 5.56 Å². The van der Waals surface area contributed by atoms with Crippen molar-refractivity contribution < 1.29 is 9.50 Å². The summed E-state index contributed by atoms with van der Waals surface area (Å²) in [6.45, 7) is -0.521. The van der Waals surface area contributed by atoms with Gasteiger partial charge in [-0.2, -0.15) is 0 Å². The van der Waals surface area contributed by atoms with Gasteiger partial charge in [-0.25, -0.2) is 9.50 Å². The molecular formula is C7H5BrFO. The van der Waals surface area contributed by atoms with Crippen LogP contribution in [-0.2, 0) is 11.7 Å². The molecule has 0 amide bonds. The molecule has 0 N–H and O–H groups in total. The van der Waals surface area contributed by atoms with Gasteiger partial charge < -0.3 is 0 Å². The van der Waals surface area contributed by atoms with Gasteiger partial charge in [-0.15, -0.1) is 0 Å². The lowest BCUT2D eigenvalue weighted by Gasteiger charge is -1.98. The van der Waals surface area contributed by atoms with Gasteiger partial charge in [-0.1, -0.05) is 22.0 Å². The van der Waals surface area contributed by atoms with E-state index in [1.165, 1.54) is 6.07 Å². The van der Waals surface area contributed by atoms with E-state index in [0.29, 0.717) is 4.47 Å². The minimum Gasteiger partial charge on any atom is -0.231 e. The zero-order chi connectivity index (χ0) is 7.56. The lowest BCUT2D eigenvalue weighted by molar-refractivity contribution is 0.173. The molecule has 0 aliphatic heterocycles. The number of halogens is 2. The Balaban J connectivity index is 3.17. The summed E-state index contributed by atoms with van der Waals surface area (Å²) in [6, 6.07) is 4.48. The average Bonchev–Trinajstić information content (AvgIpc) is 1.88. The van der Waals surface area contributed by atoms with Crippen LogP contribution in [0.4, 0.5) is 4.39 Å². The van der Waals surface area contributed by atoms with Crippen molar-refractivity contribution in [3.05, 3.63) is 34.1 Å². The Kier molecular flexibility index (Phi) is 2.40. The van der Waals surface area contributed by atoms with Crippen molar-refractivity contribution in [3.8, 4) is 0 Å². The molecule has 0 atom stereocenters. The van der Waals surface area contributed by atoms with Crippen molar-refractivity contribution in [1.29, 1.82) is 0 Å². The molecule has 0 aliphatic carbocycles. The molecule has 0 bridgehead atoms. The standard InChI is InChI=1S/C7H5BrFO/c8-6-2-1-3-7(9)5(6)4-10/h1-3H,4H2. The Bertz CT molecular complexity index is 217. The van der Waals surface area contributed by atoms with E-state index >= 15 is 0 Å². The van der Waals surface area contributed by atoms with Crippen molar-refractivity contribution in [2.45, 2.75) is 6.61 Å². The van der Waals surface area contributed by atoms with Crippen molar-refractivity contribution >= 4 is 15.9 Å². The van der Waals surface area contributed by atoms with Crippen LogP contribution in [0.2, 0.25) is 0 Å². The zero-order valence-electron chi connectivity index (χ0n) is 5.10. The van der Waals surface area contributed by atoms with Crippen molar-refractivity contribution in [1.82, 2.24) is 0 Å². The Morgan fingerprint density at radius 1 is 1.50 bits per heavy atom. The van der Waals surface area contributed by atoms with Gasteiger partial charge in [-0.3, -0.25) is 0 Å². The normalized spacial score (nSPS) is 9.90. The number of benzene rings is 1. The summed E-state index contributed by atoms with van der Waals surface area (Å²) < 4.78 is 13.2. The highest BCUT2D eigenvalue weighted by Crippen LogP contribution is 2.18. The summed E-state index contributed by atoms with van der Waals surface area (Å²) in [7, 11) is 0. The topological polar surface area (TPSA) is 19.9 Å². The maximum absolute atomic E-state index is 12.6. The Labute approximate surface area is 66.6 Å². The summed E-state index contributed by atoms with van der Waals surface area (Å²) in [5.74, 6) is -0.440. The summed E-state index contributed by atoms with van der Waals surface area (Å²) in [4.78, 5) is 0. The summed E-state index contributed by atoms with van der Waals surface area (Å²) in [5.41, 5.74) is 0.197. The first-order valence-electron chi connectivity index (χ1n) is 2.76. The van der Waals surface area contributed by atoms with E-state index in [1.54, 1.807) is 12.1 Å². The van der Waals surface area contributed by atoms with Gasteiger partial charge in [0.05, 0.1) is 0 Å². The molecule has 53 valence electrons. The fourth-order valence-corrected chi connectivity index (χ4v) is 1.13. The molecule has 0 aromatic heterocycles. The molecular weight excluding hydrogens is 199 g/mol. The van der Waals surface area contributed by atoms with Gasteiger partial charge in [-0.05, 0) is 12.1 Å².